The molecule has 122 valence electrons. The molecule has 24 heavy (non-hydrogen) atoms. The van der Waals surface area contributed by atoms with E-state index in [4.69, 9.17) is 0 Å². The average Bonchev–Trinajstić information content (AvgIpc) is 3.11. The summed E-state index contributed by atoms with van der Waals surface area (Å²) in [6, 6.07) is 15.5. The molecule has 0 N–H and O–H groups in total. The third kappa shape index (κ3) is 3.09. The van der Waals surface area contributed by atoms with Crippen LogP contribution in [-0.4, -0.2) is 31.0 Å². The number of nitriles is 1. The number of carbonyl (C=O) groups is 1. The highest BCUT2D eigenvalue weighted by Gasteiger charge is 2.32. The highest BCUT2D eigenvalue weighted by atomic mass is 16.2. The lowest BCUT2D eigenvalue weighted by Gasteiger charge is -2.22. The van der Waals surface area contributed by atoms with Crippen LogP contribution in [0.1, 0.15) is 17.7 Å². The number of anilines is 2. The lowest BCUT2D eigenvalue weighted by molar-refractivity contribution is -0.121. The largest absolute Gasteiger partial charge is 0.355 e. The maximum absolute atomic E-state index is 12.8. The number of pyridine rings is 1. The van der Waals surface area contributed by atoms with Gasteiger partial charge in [-0.05, 0) is 37.6 Å². The van der Waals surface area contributed by atoms with Crippen molar-refractivity contribution in [1.29, 1.82) is 5.26 Å². The van der Waals surface area contributed by atoms with Crippen molar-refractivity contribution >= 4 is 17.4 Å². The molecule has 2 aromatic rings. The van der Waals surface area contributed by atoms with Crippen molar-refractivity contribution in [3.05, 3.63) is 53.7 Å². The topological polar surface area (TPSA) is 60.2 Å². The molecule has 1 aromatic carbocycles. The summed E-state index contributed by atoms with van der Waals surface area (Å²) < 4.78 is 0. The molecule has 5 heteroatoms. The molecule has 2 heterocycles. The van der Waals surface area contributed by atoms with Gasteiger partial charge < -0.3 is 9.80 Å². The first-order valence-corrected chi connectivity index (χ1v) is 8.05. The molecule has 0 saturated carbocycles. The van der Waals surface area contributed by atoms with Gasteiger partial charge in [-0.2, -0.15) is 5.26 Å². The van der Waals surface area contributed by atoms with Gasteiger partial charge in [-0.25, -0.2) is 4.98 Å². The van der Waals surface area contributed by atoms with Gasteiger partial charge in [0.1, 0.15) is 11.9 Å². The van der Waals surface area contributed by atoms with Gasteiger partial charge in [-0.3, -0.25) is 4.79 Å². The van der Waals surface area contributed by atoms with E-state index in [1.807, 2.05) is 55.3 Å². The third-order valence-electron chi connectivity index (χ3n) is 4.45. The van der Waals surface area contributed by atoms with E-state index in [-0.39, 0.29) is 11.8 Å². The Kier molecular flexibility index (Phi) is 4.48. The molecule has 1 aliphatic heterocycles. The summed E-state index contributed by atoms with van der Waals surface area (Å²) in [4.78, 5) is 21.0. The van der Waals surface area contributed by atoms with E-state index >= 15 is 0 Å². The molecule has 0 aliphatic carbocycles. The van der Waals surface area contributed by atoms with E-state index < -0.39 is 0 Å². The van der Waals surface area contributed by atoms with Crippen LogP contribution in [0.2, 0.25) is 0 Å². The first-order valence-electron chi connectivity index (χ1n) is 8.05. The minimum Gasteiger partial charge on any atom is -0.355 e. The normalized spacial score (nSPS) is 16.7. The molecule has 1 atom stereocenters. The Morgan fingerprint density at radius 2 is 2.04 bits per heavy atom. The van der Waals surface area contributed by atoms with Crippen LogP contribution < -0.4 is 9.80 Å². The molecule has 1 fully saturated rings. The van der Waals surface area contributed by atoms with Gasteiger partial charge in [0.2, 0.25) is 5.91 Å². The molecule has 5 nitrogen and oxygen atoms in total. The fraction of sp³-hybridized carbons (Fsp3) is 0.316. The van der Waals surface area contributed by atoms with Crippen LogP contribution in [0, 0.1) is 24.2 Å². The monoisotopic (exact) mass is 320 g/mol. The number of hydrogen-bond acceptors (Lipinski definition) is 4. The van der Waals surface area contributed by atoms with E-state index in [0.717, 1.165) is 24.3 Å². The predicted molar refractivity (Wildman–Crippen MR) is 93.9 cm³/mol. The summed E-state index contributed by atoms with van der Waals surface area (Å²) >= 11 is 0. The Labute approximate surface area is 142 Å². The Morgan fingerprint density at radius 3 is 2.75 bits per heavy atom. The van der Waals surface area contributed by atoms with Gasteiger partial charge in [0, 0.05) is 31.5 Å². The number of aromatic nitrogens is 1. The molecule has 1 aromatic heterocycles. The predicted octanol–water partition coefficient (Wildman–Crippen LogP) is 2.75. The van der Waals surface area contributed by atoms with Crippen molar-refractivity contribution < 1.29 is 4.79 Å². The second-order valence-electron chi connectivity index (χ2n) is 6.10. The highest BCUT2D eigenvalue weighted by molar-refractivity contribution is 5.95. The number of aryl methyl sites for hydroxylation is 1. The molecule has 0 radical (unpaired) electrons. The molecule has 3 rings (SSSR count). The van der Waals surface area contributed by atoms with E-state index in [1.54, 1.807) is 11.0 Å². The molecule has 1 amide bonds. The van der Waals surface area contributed by atoms with Crippen LogP contribution in [0.5, 0.6) is 0 Å². The van der Waals surface area contributed by atoms with Crippen LogP contribution in [0.3, 0.4) is 0 Å². The van der Waals surface area contributed by atoms with Gasteiger partial charge in [0.05, 0.1) is 11.5 Å². The van der Waals surface area contributed by atoms with Crippen molar-refractivity contribution in [2.24, 2.45) is 5.92 Å². The molecule has 1 unspecified atom stereocenters. The Hall–Kier alpha value is -2.87. The standard InChI is InChI=1S/C19H20N4O/c1-14-8-9-15(12-20)18(21-14)23-11-10-16(13-23)19(24)22(2)17-6-4-3-5-7-17/h3-9,16H,10-11,13H2,1-2H3. The fourth-order valence-electron chi connectivity index (χ4n) is 3.08. The maximum Gasteiger partial charge on any atom is 0.231 e. The number of hydrogen-bond donors (Lipinski definition) is 0. The second kappa shape index (κ2) is 6.71. The van der Waals surface area contributed by atoms with Gasteiger partial charge >= 0.3 is 0 Å². The lowest BCUT2D eigenvalue weighted by Crippen LogP contribution is -2.34. The SMILES string of the molecule is Cc1ccc(C#N)c(N2CCC(C(=O)N(C)c3ccccc3)C2)n1. The van der Waals surface area contributed by atoms with Crippen LogP contribution in [0.25, 0.3) is 0 Å². The van der Waals surface area contributed by atoms with Crippen molar-refractivity contribution in [2.45, 2.75) is 13.3 Å². The molecule has 1 saturated heterocycles. The number of carbonyl (C=O) groups excluding carboxylic acids is 1. The zero-order valence-corrected chi connectivity index (χ0v) is 13.9. The first-order chi connectivity index (χ1) is 11.6. The van der Waals surface area contributed by atoms with E-state index in [2.05, 4.69) is 11.1 Å². The Morgan fingerprint density at radius 1 is 1.29 bits per heavy atom. The lowest BCUT2D eigenvalue weighted by atomic mass is 10.1. The van der Waals surface area contributed by atoms with E-state index in [9.17, 15) is 10.1 Å². The van der Waals surface area contributed by atoms with Crippen molar-refractivity contribution in [2.75, 3.05) is 29.9 Å². The van der Waals surface area contributed by atoms with Gasteiger partial charge in [-0.1, -0.05) is 18.2 Å². The number of benzene rings is 1. The first kappa shape index (κ1) is 16.0. The van der Waals surface area contributed by atoms with Crippen molar-refractivity contribution in [3.8, 4) is 6.07 Å². The number of nitrogens with zero attached hydrogens (tertiary/aromatic N) is 4. The smallest absolute Gasteiger partial charge is 0.231 e. The minimum absolute atomic E-state index is 0.0796. The van der Waals surface area contributed by atoms with Crippen LogP contribution in [0.15, 0.2) is 42.5 Å². The van der Waals surface area contributed by atoms with E-state index in [1.165, 1.54) is 0 Å². The van der Waals surface area contributed by atoms with Crippen LogP contribution >= 0.6 is 0 Å². The van der Waals surface area contributed by atoms with Crippen LogP contribution in [-0.2, 0) is 4.79 Å². The molecule has 0 spiro atoms. The quantitative estimate of drug-likeness (QED) is 0.872. The van der Waals surface area contributed by atoms with Gasteiger partial charge in [0.25, 0.3) is 0 Å². The zero-order valence-electron chi connectivity index (χ0n) is 13.9. The van der Waals surface area contributed by atoms with Crippen molar-refractivity contribution in [1.82, 2.24) is 4.98 Å². The summed E-state index contributed by atoms with van der Waals surface area (Å²) in [6.07, 6.45) is 0.774. The molecule has 0 bridgehead atoms. The summed E-state index contributed by atoms with van der Waals surface area (Å²) in [5.41, 5.74) is 2.33. The Bertz CT molecular complexity index is 782. The summed E-state index contributed by atoms with van der Waals surface area (Å²) in [7, 11) is 1.81. The minimum atomic E-state index is -0.0796. The third-order valence-corrected chi connectivity index (χ3v) is 4.45. The summed E-state index contributed by atoms with van der Waals surface area (Å²) in [5.74, 6) is 0.717. The van der Waals surface area contributed by atoms with Gasteiger partial charge in [0.15, 0.2) is 0 Å². The van der Waals surface area contributed by atoms with E-state index in [0.29, 0.717) is 17.9 Å². The van der Waals surface area contributed by atoms with Crippen LogP contribution in [0.4, 0.5) is 11.5 Å². The number of amides is 1. The average molecular weight is 320 g/mol. The van der Waals surface area contributed by atoms with Crippen molar-refractivity contribution in [3.63, 3.8) is 0 Å². The summed E-state index contributed by atoms with van der Waals surface area (Å²) in [5, 5.41) is 9.29. The highest BCUT2D eigenvalue weighted by Crippen LogP contribution is 2.27. The Balaban J connectivity index is 1.75. The number of rotatable bonds is 3. The molecular formula is C19H20N4O. The fourth-order valence-corrected chi connectivity index (χ4v) is 3.08. The maximum atomic E-state index is 12.8. The number of para-hydroxylation sites is 1. The summed E-state index contributed by atoms with van der Waals surface area (Å²) in [6.45, 7) is 3.25. The van der Waals surface area contributed by atoms with Gasteiger partial charge in [-0.15, -0.1) is 0 Å². The zero-order chi connectivity index (χ0) is 17.1. The molecular weight excluding hydrogens is 300 g/mol. The molecule has 1 aliphatic rings. The second-order valence-corrected chi connectivity index (χ2v) is 6.10.